The SMILES string of the molecule is CCC(C)CSC1CCCC(N)(C(=O)OC)C1. The zero-order valence-electron chi connectivity index (χ0n) is 11.2. The minimum Gasteiger partial charge on any atom is -0.468 e. The molecule has 2 N–H and O–H groups in total. The van der Waals surface area contributed by atoms with Gasteiger partial charge in [-0.05, 0) is 37.4 Å². The topological polar surface area (TPSA) is 52.3 Å². The molecule has 1 aliphatic rings. The van der Waals surface area contributed by atoms with Crippen LogP contribution in [0.1, 0.15) is 46.0 Å². The summed E-state index contributed by atoms with van der Waals surface area (Å²) in [7, 11) is 1.42. The Hall–Kier alpha value is -0.220. The lowest BCUT2D eigenvalue weighted by Gasteiger charge is -2.35. The molecule has 4 heteroatoms. The maximum Gasteiger partial charge on any atom is 0.325 e. The lowest BCUT2D eigenvalue weighted by Crippen LogP contribution is -2.52. The van der Waals surface area contributed by atoms with Crippen molar-refractivity contribution in [1.82, 2.24) is 0 Å². The molecular formula is C13H25NO2S. The molecule has 0 aliphatic heterocycles. The van der Waals surface area contributed by atoms with E-state index in [1.807, 2.05) is 11.8 Å². The van der Waals surface area contributed by atoms with Crippen LogP contribution in [0.4, 0.5) is 0 Å². The van der Waals surface area contributed by atoms with E-state index in [0.717, 1.165) is 25.2 Å². The molecule has 0 aromatic heterocycles. The first-order valence-corrected chi connectivity index (χ1v) is 7.55. The minimum absolute atomic E-state index is 0.244. The van der Waals surface area contributed by atoms with Crippen LogP contribution in [-0.2, 0) is 9.53 Å². The predicted molar refractivity (Wildman–Crippen MR) is 73.1 cm³/mol. The molecule has 1 aliphatic carbocycles. The van der Waals surface area contributed by atoms with Gasteiger partial charge in [0.25, 0.3) is 0 Å². The maximum atomic E-state index is 11.7. The van der Waals surface area contributed by atoms with Crippen molar-refractivity contribution in [2.45, 2.75) is 56.7 Å². The van der Waals surface area contributed by atoms with Crippen LogP contribution in [0.3, 0.4) is 0 Å². The van der Waals surface area contributed by atoms with E-state index in [1.54, 1.807) is 0 Å². The van der Waals surface area contributed by atoms with Gasteiger partial charge in [0, 0.05) is 5.25 Å². The molecule has 0 radical (unpaired) electrons. The van der Waals surface area contributed by atoms with Crippen LogP contribution in [0, 0.1) is 5.92 Å². The lowest BCUT2D eigenvalue weighted by molar-refractivity contribution is -0.148. The van der Waals surface area contributed by atoms with Crippen LogP contribution in [0.5, 0.6) is 0 Å². The van der Waals surface area contributed by atoms with Gasteiger partial charge in [0.05, 0.1) is 7.11 Å². The van der Waals surface area contributed by atoms with E-state index < -0.39 is 5.54 Å². The summed E-state index contributed by atoms with van der Waals surface area (Å²) in [6.45, 7) is 4.49. The van der Waals surface area contributed by atoms with Crippen molar-refractivity contribution >= 4 is 17.7 Å². The summed E-state index contributed by atoms with van der Waals surface area (Å²) < 4.78 is 4.81. The molecule has 0 aromatic rings. The molecule has 0 heterocycles. The number of carbonyl (C=O) groups is 1. The number of nitrogens with two attached hydrogens (primary N) is 1. The molecular weight excluding hydrogens is 234 g/mol. The van der Waals surface area contributed by atoms with E-state index in [2.05, 4.69) is 13.8 Å². The Balaban J connectivity index is 2.46. The molecule has 3 unspecified atom stereocenters. The van der Waals surface area contributed by atoms with E-state index in [-0.39, 0.29) is 5.97 Å². The second kappa shape index (κ2) is 6.64. The second-order valence-electron chi connectivity index (χ2n) is 5.21. The monoisotopic (exact) mass is 259 g/mol. The van der Waals surface area contributed by atoms with Crippen LogP contribution < -0.4 is 5.73 Å². The number of carbonyl (C=O) groups excluding carboxylic acids is 1. The van der Waals surface area contributed by atoms with Crippen LogP contribution in [-0.4, -0.2) is 29.6 Å². The Morgan fingerprint density at radius 3 is 2.94 bits per heavy atom. The van der Waals surface area contributed by atoms with E-state index in [0.29, 0.717) is 5.25 Å². The van der Waals surface area contributed by atoms with E-state index in [1.165, 1.54) is 25.7 Å². The first-order valence-electron chi connectivity index (χ1n) is 6.50. The minimum atomic E-state index is -0.736. The Kier molecular flexibility index (Phi) is 5.80. The fourth-order valence-corrected chi connectivity index (χ4v) is 3.79. The van der Waals surface area contributed by atoms with E-state index in [4.69, 9.17) is 10.5 Å². The molecule has 0 bridgehead atoms. The van der Waals surface area contributed by atoms with Gasteiger partial charge in [-0.15, -0.1) is 0 Å². The maximum absolute atomic E-state index is 11.7. The summed E-state index contributed by atoms with van der Waals surface area (Å²) in [5.74, 6) is 1.66. The fraction of sp³-hybridized carbons (Fsp3) is 0.923. The summed E-state index contributed by atoms with van der Waals surface area (Å²) in [6.07, 6.45) is 4.95. The van der Waals surface area contributed by atoms with E-state index >= 15 is 0 Å². The molecule has 0 amide bonds. The predicted octanol–water partition coefficient (Wildman–Crippen LogP) is 2.58. The van der Waals surface area contributed by atoms with Crippen molar-refractivity contribution in [1.29, 1.82) is 0 Å². The van der Waals surface area contributed by atoms with E-state index in [9.17, 15) is 4.79 Å². The highest BCUT2D eigenvalue weighted by Gasteiger charge is 2.40. The number of esters is 1. The third-order valence-electron chi connectivity index (χ3n) is 3.65. The summed E-state index contributed by atoms with van der Waals surface area (Å²) >= 11 is 1.97. The Labute approximate surface area is 109 Å². The van der Waals surface area contributed by atoms with Gasteiger partial charge in [0.1, 0.15) is 5.54 Å². The van der Waals surface area contributed by atoms with Crippen molar-refractivity contribution < 1.29 is 9.53 Å². The van der Waals surface area contributed by atoms with Crippen molar-refractivity contribution in [3.63, 3.8) is 0 Å². The lowest BCUT2D eigenvalue weighted by atomic mass is 9.82. The van der Waals surface area contributed by atoms with Gasteiger partial charge < -0.3 is 10.5 Å². The number of thioether (sulfide) groups is 1. The van der Waals surface area contributed by atoms with Crippen molar-refractivity contribution in [2.24, 2.45) is 11.7 Å². The van der Waals surface area contributed by atoms with Gasteiger partial charge in [-0.25, -0.2) is 0 Å². The number of hydrogen-bond acceptors (Lipinski definition) is 4. The molecule has 3 nitrogen and oxygen atoms in total. The molecule has 1 saturated carbocycles. The highest BCUT2D eigenvalue weighted by molar-refractivity contribution is 7.99. The van der Waals surface area contributed by atoms with Gasteiger partial charge in [0.15, 0.2) is 0 Å². The highest BCUT2D eigenvalue weighted by atomic mass is 32.2. The first-order chi connectivity index (χ1) is 8.01. The van der Waals surface area contributed by atoms with Crippen LogP contribution in [0.25, 0.3) is 0 Å². The molecule has 0 spiro atoms. The highest BCUT2D eigenvalue weighted by Crippen LogP contribution is 2.35. The molecule has 1 fully saturated rings. The van der Waals surface area contributed by atoms with Crippen molar-refractivity contribution in [2.75, 3.05) is 12.9 Å². The molecule has 0 saturated heterocycles. The van der Waals surface area contributed by atoms with Crippen molar-refractivity contribution in [3.8, 4) is 0 Å². The van der Waals surface area contributed by atoms with Gasteiger partial charge in [0.2, 0.25) is 0 Å². The third kappa shape index (κ3) is 4.18. The van der Waals surface area contributed by atoms with Gasteiger partial charge in [-0.3, -0.25) is 4.79 Å². The van der Waals surface area contributed by atoms with Crippen LogP contribution in [0.15, 0.2) is 0 Å². The zero-order valence-corrected chi connectivity index (χ0v) is 12.0. The third-order valence-corrected chi connectivity index (χ3v) is 5.28. The van der Waals surface area contributed by atoms with Gasteiger partial charge >= 0.3 is 5.97 Å². The Morgan fingerprint density at radius 1 is 1.65 bits per heavy atom. The normalized spacial score (nSPS) is 30.9. The number of methoxy groups -OCH3 is 1. The fourth-order valence-electron chi connectivity index (χ4n) is 2.20. The molecule has 0 aromatic carbocycles. The molecule has 3 atom stereocenters. The van der Waals surface area contributed by atoms with Crippen LogP contribution >= 0.6 is 11.8 Å². The molecule has 17 heavy (non-hydrogen) atoms. The second-order valence-corrected chi connectivity index (χ2v) is 6.55. The van der Waals surface area contributed by atoms with Crippen molar-refractivity contribution in [3.05, 3.63) is 0 Å². The standard InChI is InChI=1S/C13H25NO2S/c1-4-10(2)9-17-11-6-5-7-13(14,8-11)12(15)16-3/h10-11H,4-9,14H2,1-3H3. The van der Waals surface area contributed by atoms with Gasteiger partial charge in [-0.1, -0.05) is 20.3 Å². The summed E-state index contributed by atoms with van der Waals surface area (Å²) in [5, 5.41) is 0.516. The van der Waals surface area contributed by atoms with Crippen LogP contribution in [0.2, 0.25) is 0 Å². The average molecular weight is 259 g/mol. The average Bonchev–Trinajstić information content (AvgIpc) is 2.35. The quantitative estimate of drug-likeness (QED) is 0.771. The first kappa shape index (κ1) is 14.8. The largest absolute Gasteiger partial charge is 0.468 e. The van der Waals surface area contributed by atoms with Gasteiger partial charge in [-0.2, -0.15) is 11.8 Å². The molecule has 100 valence electrons. The molecule has 1 rings (SSSR count). The number of ether oxygens (including phenoxy) is 1. The smallest absolute Gasteiger partial charge is 0.325 e. The zero-order chi connectivity index (χ0) is 12.9. The number of rotatable bonds is 5. The Morgan fingerprint density at radius 2 is 2.35 bits per heavy atom. The number of hydrogen-bond donors (Lipinski definition) is 1. The summed E-state index contributed by atoms with van der Waals surface area (Å²) in [5.41, 5.74) is 5.42. The summed E-state index contributed by atoms with van der Waals surface area (Å²) in [4.78, 5) is 11.7. The Bertz CT molecular complexity index is 260. The summed E-state index contributed by atoms with van der Waals surface area (Å²) in [6, 6.07) is 0.